The van der Waals surface area contributed by atoms with Crippen molar-refractivity contribution in [3.05, 3.63) is 29.8 Å². The van der Waals surface area contributed by atoms with Gasteiger partial charge in [-0.3, -0.25) is 9.69 Å². The van der Waals surface area contributed by atoms with Crippen molar-refractivity contribution in [1.29, 1.82) is 0 Å². The molecule has 4 nitrogen and oxygen atoms in total. The molecule has 116 valence electrons. The van der Waals surface area contributed by atoms with Crippen LogP contribution in [-0.2, 0) is 10.2 Å². The number of anilines is 1. The standard InChI is InChI=1S/C17H27N3O/c1-5-19-10-11-20(12-13(19)2)16(21)17(3,4)14-6-8-15(18)9-7-14/h6-9,13H,5,10-12,18H2,1-4H3. The summed E-state index contributed by atoms with van der Waals surface area (Å²) in [6, 6.07) is 8.07. The predicted octanol–water partition coefficient (Wildman–Crippen LogP) is 2.10. The molecule has 0 aliphatic carbocycles. The quantitative estimate of drug-likeness (QED) is 0.867. The van der Waals surface area contributed by atoms with Crippen molar-refractivity contribution in [2.75, 3.05) is 31.9 Å². The molecule has 1 aliphatic heterocycles. The van der Waals surface area contributed by atoms with Gasteiger partial charge >= 0.3 is 0 Å². The van der Waals surface area contributed by atoms with E-state index in [9.17, 15) is 4.79 Å². The zero-order chi connectivity index (χ0) is 15.6. The first-order valence-electron chi connectivity index (χ1n) is 7.75. The molecular weight excluding hydrogens is 262 g/mol. The molecule has 1 unspecified atom stereocenters. The largest absolute Gasteiger partial charge is 0.399 e. The van der Waals surface area contributed by atoms with E-state index in [2.05, 4.69) is 18.7 Å². The number of nitrogens with two attached hydrogens (primary N) is 1. The minimum Gasteiger partial charge on any atom is -0.399 e. The Morgan fingerprint density at radius 1 is 1.29 bits per heavy atom. The Labute approximate surface area is 127 Å². The molecular formula is C17H27N3O. The van der Waals surface area contributed by atoms with E-state index in [1.165, 1.54) is 0 Å². The van der Waals surface area contributed by atoms with E-state index in [1.54, 1.807) is 0 Å². The second-order valence-electron chi connectivity index (χ2n) is 6.48. The van der Waals surface area contributed by atoms with Crippen LogP contribution in [0.15, 0.2) is 24.3 Å². The monoisotopic (exact) mass is 289 g/mol. The van der Waals surface area contributed by atoms with Gasteiger partial charge in [-0.25, -0.2) is 0 Å². The molecule has 0 aromatic heterocycles. The number of nitrogen functional groups attached to an aromatic ring is 1. The minimum atomic E-state index is -0.512. The van der Waals surface area contributed by atoms with Crippen molar-refractivity contribution in [3.8, 4) is 0 Å². The average Bonchev–Trinajstić information content (AvgIpc) is 2.46. The van der Waals surface area contributed by atoms with Crippen LogP contribution in [0.2, 0.25) is 0 Å². The summed E-state index contributed by atoms with van der Waals surface area (Å²) in [5.74, 6) is 0.204. The number of piperazine rings is 1. The van der Waals surface area contributed by atoms with Gasteiger partial charge in [0.05, 0.1) is 5.41 Å². The number of carbonyl (C=O) groups is 1. The lowest BCUT2D eigenvalue weighted by molar-refractivity contribution is -0.139. The first kappa shape index (κ1) is 15.8. The fraction of sp³-hybridized carbons (Fsp3) is 0.588. The first-order valence-corrected chi connectivity index (χ1v) is 7.75. The molecule has 2 N–H and O–H groups in total. The number of carbonyl (C=O) groups excluding carboxylic acids is 1. The minimum absolute atomic E-state index is 0.204. The van der Waals surface area contributed by atoms with Crippen LogP contribution in [0.1, 0.15) is 33.3 Å². The van der Waals surface area contributed by atoms with Crippen LogP contribution in [0, 0.1) is 0 Å². The van der Waals surface area contributed by atoms with Gasteiger partial charge in [-0.15, -0.1) is 0 Å². The van der Waals surface area contributed by atoms with Gasteiger partial charge < -0.3 is 10.6 Å². The molecule has 1 heterocycles. The summed E-state index contributed by atoms with van der Waals surface area (Å²) in [5.41, 5.74) is 6.97. The van der Waals surface area contributed by atoms with Crippen molar-refractivity contribution in [1.82, 2.24) is 9.80 Å². The normalized spacial score (nSPS) is 20.6. The summed E-state index contributed by atoms with van der Waals surface area (Å²) < 4.78 is 0. The van der Waals surface area contributed by atoms with E-state index >= 15 is 0 Å². The number of amides is 1. The Hall–Kier alpha value is -1.55. The summed E-state index contributed by atoms with van der Waals surface area (Å²) in [6.07, 6.45) is 0. The topological polar surface area (TPSA) is 49.6 Å². The maximum Gasteiger partial charge on any atom is 0.232 e. The van der Waals surface area contributed by atoms with E-state index in [1.807, 2.05) is 43.0 Å². The van der Waals surface area contributed by atoms with Gasteiger partial charge in [0.15, 0.2) is 0 Å². The fourth-order valence-electron chi connectivity index (χ4n) is 3.07. The molecule has 1 amide bonds. The Morgan fingerprint density at radius 2 is 1.90 bits per heavy atom. The summed E-state index contributed by atoms with van der Waals surface area (Å²) in [7, 11) is 0. The summed E-state index contributed by atoms with van der Waals surface area (Å²) in [5, 5.41) is 0. The lowest BCUT2D eigenvalue weighted by Crippen LogP contribution is -2.56. The number of nitrogens with zero attached hydrogens (tertiary/aromatic N) is 2. The van der Waals surface area contributed by atoms with E-state index in [4.69, 9.17) is 5.73 Å². The highest BCUT2D eigenvalue weighted by molar-refractivity contribution is 5.87. The fourth-order valence-corrected chi connectivity index (χ4v) is 3.07. The Kier molecular flexibility index (Phi) is 4.57. The predicted molar refractivity (Wildman–Crippen MR) is 87.2 cm³/mol. The van der Waals surface area contributed by atoms with Crippen molar-refractivity contribution >= 4 is 11.6 Å². The third kappa shape index (κ3) is 3.21. The molecule has 1 aliphatic rings. The number of hydrogen-bond acceptors (Lipinski definition) is 3. The van der Waals surface area contributed by atoms with Gasteiger partial charge in [-0.1, -0.05) is 19.1 Å². The van der Waals surface area contributed by atoms with Crippen molar-refractivity contribution in [2.45, 2.75) is 39.2 Å². The van der Waals surface area contributed by atoms with Gasteiger partial charge in [0.2, 0.25) is 5.91 Å². The molecule has 0 saturated carbocycles. The van der Waals surface area contributed by atoms with Crippen LogP contribution in [0.3, 0.4) is 0 Å². The van der Waals surface area contributed by atoms with Gasteiger partial charge in [0.25, 0.3) is 0 Å². The van der Waals surface area contributed by atoms with Crippen LogP contribution in [0.25, 0.3) is 0 Å². The summed E-state index contributed by atoms with van der Waals surface area (Å²) in [4.78, 5) is 17.3. The second kappa shape index (κ2) is 6.06. The highest BCUT2D eigenvalue weighted by Gasteiger charge is 2.36. The average molecular weight is 289 g/mol. The second-order valence-corrected chi connectivity index (χ2v) is 6.48. The third-order valence-corrected chi connectivity index (χ3v) is 4.63. The van der Waals surface area contributed by atoms with Crippen molar-refractivity contribution < 1.29 is 4.79 Å². The molecule has 2 rings (SSSR count). The maximum absolute atomic E-state index is 12.9. The molecule has 21 heavy (non-hydrogen) atoms. The third-order valence-electron chi connectivity index (χ3n) is 4.63. The van der Waals surface area contributed by atoms with Gasteiger partial charge in [-0.05, 0) is 45.0 Å². The number of benzene rings is 1. The zero-order valence-electron chi connectivity index (χ0n) is 13.6. The van der Waals surface area contributed by atoms with Gasteiger partial charge in [0.1, 0.15) is 0 Å². The van der Waals surface area contributed by atoms with Gasteiger partial charge in [-0.2, -0.15) is 0 Å². The lowest BCUT2D eigenvalue weighted by Gasteiger charge is -2.42. The van der Waals surface area contributed by atoms with E-state index in [-0.39, 0.29) is 5.91 Å². The van der Waals surface area contributed by atoms with Crippen molar-refractivity contribution in [3.63, 3.8) is 0 Å². The molecule has 4 heteroatoms. The van der Waals surface area contributed by atoms with E-state index in [0.29, 0.717) is 6.04 Å². The molecule has 0 spiro atoms. The van der Waals surface area contributed by atoms with Gasteiger partial charge in [0, 0.05) is 31.4 Å². The smallest absolute Gasteiger partial charge is 0.232 e. The number of likely N-dealkylation sites (N-methyl/N-ethyl adjacent to an activating group) is 1. The van der Waals surface area contributed by atoms with Crippen LogP contribution in [-0.4, -0.2) is 47.9 Å². The SMILES string of the molecule is CCN1CCN(C(=O)C(C)(C)c2ccc(N)cc2)CC1C. The van der Waals surface area contributed by atoms with Crippen LogP contribution >= 0.6 is 0 Å². The number of rotatable bonds is 3. The highest BCUT2D eigenvalue weighted by atomic mass is 16.2. The Bertz CT molecular complexity index is 495. The van der Waals surface area contributed by atoms with Crippen LogP contribution in [0.4, 0.5) is 5.69 Å². The molecule has 1 aromatic carbocycles. The van der Waals surface area contributed by atoms with E-state index < -0.39 is 5.41 Å². The van der Waals surface area contributed by atoms with Crippen LogP contribution < -0.4 is 5.73 Å². The Morgan fingerprint density at radius 3 is 2.43 bits per heavy atom. The molecule has 1 fully saturated rings. The van der Waals surface area contributed by atoms with E-state index in [0.717, 1.165) is 37.4 Å². The molecule has 0 bridgehead atoms. The molecule has 1 saturated heterocycles. The Balaban J connectivity index is 2.13. The molecule has 0 radical (unpaired) electrons. The molecule has 1 aromatic rings. The van der Waals surface area contributed by atoms with Crippen molar-refractivity contribution in [2.24, 2.45) is 0 Å². The number of hydrogen-bond donors (Lipinski definition) is 1. The summed E-state index contributed by atoms with van der Waals surface area (Å²) in [6.45, 7) is 12.0. The highest BCUT2D eigenvalue weighted by Crippen LogP contribution is 2.27. The summed E-state index contributed by atoms with van der Waals surface area (Å²) >= 11 is 0. The first-order chi connectivity index (χ1) is 9.86. The maximum atomic E-state index is 12.9. The van der Waals surface area contributed by atoms with Crippen LogP contribution in [0.5, 0.6) is 0 Å². The zero-order valence-corrected chi connectivity index (χ0v) is 13.6. The lowest BCUT2D eigenvalue weighted by atomic mass is 9.82. The molecule has 1 atom stereocenters.